The highest BCUT2D eigenvalue weighted by atomic mass is 32.2. The van der Waals surface area contributed by atoms with Crippen molar-refractivity contribution in [2.45, 2.75) is 38.9 Å². The minimum atomic E-state index is -0.0580. The lowest BCUT2D eigenvalue weighted by molar-refractivity contribution is -0.118. The summed E-state index contributed by atoms with van der Waals surface area (Å²) in [7, 11) is 0. The van der Waals surface area contributed by atoms with Crippen molar-refractivity contribution in [3.8, 4) is 0 Å². The molecule has 0 aliphatic heterocycles. The molecule has 0 bridgehead atoms. The Kier molecular flexibility index (Phi) is 7.69. The number of benzene rings is 1. The second kappa shape index (κ2) is 10.9. The monoisotopic (exact) mass is 480 g/mol. The van der Waals surface area contributed by atoms with E-state index >= 15 is 0 Å². The van der Waals surface area contributed by atoms with Crippen molar-refractivity contribution in [3.05, 3.63) is 41.7 Å². The van der Waals surface area contributed by atoms with Crippen LogP contribution in [0.4, 0.5) is 5.95 Å². The first-order valence-corrected chi connectivity index (χ1v) is 12.7. The lowest BCUT2D eigenvalue weighted by Gasteiger charge is -2.19. The summed E-state index contributed by atoms with van der Waals surface area (Å²) in [6, 6.07) is 8.31. The molecule has 1 amide bonds. The van der Waals surface area contributed by atoms with E-state index in [9.17, 15) is 4.79 Å². The Labute approximate surface area is 203 Å². The van der Waals surface area contributed by atoms with Gasteiger partial charge in [0.1, 0.15) is 5.52 Å². The first-order chi connectivity index (χ1) is 16.5. The first kappa shape index (κ1) is 24.0. The van der Waals surface area contributed by atoms with Crippen LogP contribution in [-0.2, 0) is 17.8 Å². The Balaban J connectivity index is 1.69. The first-order valence-electron chi connectivity index (χ1n) is 11.7. The lowest BCUT2D eigenvalue weighted by Crippen LogP contribution is -2.30. The molecule has 0 radical (unpaired) electrons. The number of carbonyl (C=O) groups excluding carboxylic acids is 1. The summed E-state index contributed by atoms with van der Waals surface area (Å²) in [6.07, 6.45) is 2.88. The number of nitrogens with two attached hydrogens (primary N) is 1. The van der Waals surface area contributed by atoms with Crippen molar-refractivity contribution < 1.29 is 4.79 Å². The highest BCUT2D eigenvalue weighted by Gasteiger charge is 2.19. The van der Waals surface area contributed by atoms with Crippen LogP contribution in [0.2, 0.25) is 0 Å². The molecule has 1 aromatic carbocycles. The summed E-state index contributed by atoms with van der Waals surface area (Å²) in [5.74, 6) is 0.920. The van der Waals surface area contributed by atoms with Gasteiger partial charge in [-0.25, -0.2) is 9.97 Å². The smallest absolute Gasteiger partial charge is 0.230 e. The molecule has 0 fully saturated rings. The van der Waals surface area contributed by atoms with Crippen molar-refractivity contribution >= 4 is 45.7 Å². The third kappa shape index (κ3) is 5.02. The molecule has 0 aliphatic rings. The second-order valence-electron chi connectivity index (χ2n) is 8.04. The van der Waals surface area contributed by atoms with Crippen molar-refractivity contribution in [3.63, 3.8) is 0 Å². The fourth-order valence-corrected chi connectivity index (χ4v) is 4.88. The van der Waals surface area contributed by atoms with E-state index in [-0.39, 0.29) is 11.7 Å². The molecule has 4 N–H and O–H groups in total. The molecule has 0 atom stereocenters. The Morgan fingerprint density at radius 1 is 1.21 bits per heavy atom. The summed E-state index contributed by atoms with van der Waals surface area (Å²) < 4.78 is 2.12. The normalized spacial score (nSPS) is 11.4. The largest absolute Gasteiger partial charge is 0.361 e. The van der Waals surface area contributed by atoms with E-state index in [1.54, 1.807) is 0 Å². The Bertz CT molecular complexity index is 1280. The molecule has 9 nitrogen and oxygen atoms in total. The zero-order valence-electron chi connectivity index (χ0n) is 20.0. The number of fused-ring (bicyclic) bond motifs is 2. The van der Waals surface area contributed by atoms with E-state index in [4.69, 9.17) is 20.7 Å². The average Bonchev–Trinajstić information content (AvgIpc) is 3.42. The van der Waals surface area contributed by atoms with Gasteiger partial charge in [-0.15, -0.1) is 0 Å². The fraction of sp³-hybridized carbons (Fsp3) is 0.417. The number of imidazole rings is 1. The number of hydrogen-bond donors (Lipinski definition) is 3. The van der Waals surface area contributed by atoms with E-state index in [2.05, 4.69) is 58.0 Å². The Morgan fingerprint density at radius 2 is 2.00 bits per heavy atom. The third-order valence-electron chi connectivity index (χ3n) is 5.85. The van der Waals surface area contributed by atoms with Gasteiger partial charge < -0.3 is 25.5 Å². The quantitative estimate of drug-likeness (QED) is 0.283. The maximum atomic E-state index is 12.2. The van der Waals surface area contributed by atoms with E-state index in [0.717, 1.165) is 47.0 Å². The van der Waals surface area contributed by atoms with Crippen LogP contribution in [-0.4, -0.2) is 62.3 Å². The number of nitrogens with zero attached hydrogens (tertiary/aromatic N) is 5. The summed E-state index contributed by atoms with van der Waals surface area (Å²) in [5.41, 5.74) is 10.3. The molecule has 4 aromatic rings. The molecule has 3 heterocycles. The highest BCUT2D eigenvalue weighted by Crippen LogP contribution is 2.27. The molecule has 0 saturated carbocycles. The molecular formula is C24H32N8OS. The zero-order valence-corrected chi connectivity index (χ0v) is 20.8. The van der Waals surface area contributed by atoms with Gasteiger partial charge in [0.05, 0.1) is 11.4 Å². The van der Waals surface area contributed by atoms with Crippen molar-refractivity contribution in [1.82, 2.24) is 29.8 Å². The number of aryl methyl sites for hydroxylation is 3. The summed E-state index contributed by atoms with van der Waals surface area (Å²) >= 11 is 1.42. The van der Waals surface area contributed by atoms with Crippen LogP contribution < -0.4 is 16.0 Å². The second-order valence-corrected chi connectivity index (χ2v) is 8.98. The number of hydrogen-bond acceptors (Lipinski definition) is 7. The van der Waals surface area contributed by atoms with Gasteiger partial charge in [-0.05, 0) is 38.8 Å². The number of amides is 1. The Hall–Kier alpha value is -3.11. The minimum Gasteiger partial charge on any atom is -0.361 e. The topological polar surface area (TPSA) is 118 Å². The maximum Gasteiger partial charge on any atom is 0.230 e. The third-order valence-corrected chi connectivity index (χ3v) is 6.82. The molecule has 0 unspecified atom stereocenters. The maximum absolute atomic E-state index is 12.2. The molecule has 34 heavy (non-hydrogen) atoms. The molecule has 0 aliphatic carbocycles. The molecule has 0 saturated heterocycles. The molecule has 3 aromatic heterocycles. The summed E-state index contributed by atoms with van der Waals surface area (Å²) in [6.45, 7) is 9.40. The van der Waals surface area contributed by atoms with Crippen LogP contribution in [0.3, 0.4) is 0 Å². The van der Waals surface area contributed by atoms with Gasteiger partial charge in [-0.1, -0.05) is 30.0 Å². The van der Waals surface area contributed by atoms with Crippen molar-refractivity contribution in [2.75, 3.05) is 36.8 Å². The summed E-state index contributed by atoms with van der Waals surface area (Å²) in [4.78, 5) is 32.2. The SMILES string of the molecule is CCN(CC)c1nc(C)c2nc(SCC(=O)NCCN)n(CCc3c[nH]c4ccccc34)c2n1. The number of thioether (sulfide) groups is 1. The number of anilines is 1. The lowest BCUT2D eigenvalue weighted by atomic mass is 10.1. The van der Waals surface area contributed by atoms with Gasteiger partial charge in [0, 0.05) is 49.8 Å². The van der Waals surface area contributed by atoms with Crippen LogP contribution >= 0.6 is 11.8 Å². The van der Waals surface area contributed by atoms with Crippen molar-refractivity contribution in [1.29, 1.82) is 0 Å². The van der Waals surface area contributed by atoms with Crippen LogP contribution in [0.1, 0.15) is 25.1 Å². The number of aromatic nitrogens is 5. The number of para-hydroxylation sites is 1. The van der Waals surface area contributed by atoms with Gasteiger partial charge in [0.25, 0.3) is 0 Å². The van der Waals surface area contributed by atoms with Crippen molar-refractivity contribution in [2.24, 2.45) is 5.73 Å². The number of nitrogens with one attached hydrogen (secondary N) is 2. The van der Waals surface area contributed by atoms with Crippen LogP contribution in [0.25, 0.3) is 22.1 Å². The standard InChI is InChI=1S/C24H32N8OS/c1-4-31(5-2)23-28-16(3)21-22(30-23)32(24(29-21)34-15-20(33)26-12-11-25)13-10-17-14-27-19-9-7-6-8-18(17)19/h6-9,14,27H,4-5,10-13,15,25H2,1-3H3,(H,26,33). The van der Waals surface area contributed by atoms with Crippen LogP contribution in [0, 0.1) is 6.92 Å². The zero-order chi connectivity index (χ0) is 24.1. The summed E-state index contributed by atoms with van der Waals surface area (Å²) in [5, 5.41) is 4.81. The fourth-order valence-electron chi connectivity index (χ4n) is 4.03. The van der Waals surface area contributed by atoms with Crippen LogP contribution in [0.15, 0.2) is 35.6 Å². The number of H-pyrrole nitrogens is 1. The highest BCUT2D eigenvalue weighted by molar-refractivity contribution is 7.99. The number of aromatic amines is 1. The van der Waals surface area contributed by atoms with Gasteiger partial charge in [0.2, 0.25) is 11.9 Å². The molecule has 0 spiro atoms. The average molecular weight is 481 g/mol. The van der Waals surface area contributed by atoms with Gasteiger partial charge in [-0.3, -0.25) is 4.79 Å². The van der Waals surface area contributed by atoms with E-state index < -0.39 is 0 Å². The van der Waals surface area contributed by atoms with E-state index in [1.165, 1.54) is 22.7 Å². The molecule has 180 valence electrons. The number of rotatable bonds is 11. The predicted octanol–water partition coefficient (Wildman–Crippen LogP) is 2.87. The van der Waals surface area contributed by atoms with Gasteiger partial charge >= 0.3 is 0 Å². The molecule has 4 rings (SSSR count). The molecular weight excluding hydrogens is 448 g/mol. The van der Waals surface area contributed by atoms with E-state index in [1.807, 2.05) is 13.0 Å². The molecule has 10 heteroatoms. The Morgan fingerprint density at radius 3 is 2.76 bits per heavy atom. The number of carbonyl (C=O) groups is 1. The van der Waals surface area contributed by atoms with E-state index in [0.29, 0.717) is 25.6 Å². The van der Waals surface area contributed by atoms with Gasteiger partial charge in [0.15, 0.2) is 10.8 Å². The minimum absolute atomic E-state index is 0.0580. The van der Waals surface area contributed by atoms with Gasteiger partial charge in [-0.2, -0.15) is 4.98 Å². The van der Waals surface area contributed by atoms with Crippen LogP contribution in [0.5, 0.6) is 0 Å². The predicted molar refractivity (Wildman–Crippen MR) is 138 cm³/mol.